The zero-order valence-electron chi connectivity index (χ0n) is 24.8. The van der Waals surface area contributed by atoms with Crippen LogP contribution in [0.25, 0.3) is 21.0 Å². The summed E-state index contributed by atoms with van der Waals surface area (Å²) in [6.07, 6.45) is -1.36. The number of fused-ring (bicyclic) bond motifs is 5. The second-order valence-corrected chi connectivity index (χ2v) is 13.2. The maximum absolute atomic E-state index is 14.0. The van der Waals surface area contributed by atoms with Crippen LogP contribution in [0.2, 0.25) is 0 Å². The number of anilines is 1. The number of ether oxygens (including phenoxy) is 2. The van der Waals surface area contributed by atoms with Crippen LogP contribution in [0.15, 0.2) is 29.3 Å². The number of hydrogen-bond donors (Lipinski definition) is 0. The Bertz CT molecular complexity index is 1530. The number of pyridine rings is 1. The Labute approximate surface area is 238 Å². The van der Waals surface area contributed by atoms with Crippen molar-refractivity contribution in [2.24, 2.45) is 4.99 Å². The largest absolute Gasteiger partial charge is 0.443 e. The molecule has 11 heteroatoms. The second-order valence-electron chi connectivity index (χ2n) is 12.1. The molecular formula is C29H37N5O5S. The van der Waals surface area contributed by atoms with Gasteiger partial charge in [-0.1, -0.05) is 0 Å². The van der Waals surface area contributed by atoms with E-state index in [-0.39, 0.29) is 11.4 Å². The van der Waals surface area contributed by atoms with Gasteiger partial charge in [0.25, 0.3) is 5.91 Å². The molecule has 40 heavy (non-hydrogen) atoms. The summed E-state index contributed by atoms with van der Waals surface area (Å²) in [6, 6.07) is 6.78. The standard InChI is InChI=1S/C29H37N5O5S/c1-16-15-33(26(36)38-28(3,4)5)23-22-18-11-14-21(30-17(2)32(9)10)31-19(18)12-13-20(22)40-24(23)25(35)34(16)27(37)39-29(6,7)8/h11-14,16H,15H2,1-10H3/t16-/m1/s1. The second kappa shape index (κ2) is 10.3. The molecule has 0 saturated heterocycles. The lowest BCUT2D eigenvalue weighted by molar-refractivity contribution is 0.0182. The van der Waals surface area contributed by atoms with E-state index in [1.54, 1.807) is 48.5 Å². The highest BCUT2D eigenvalue weighted by Gasteiger charge is 2.42. The van der Waals surface area contributed by atoms with E-state index in [0.29, 0.717) is 22.4 Å². The Kier molecular flexibility index (Phi) is 7.57. The first kappa shape index (κ1) is 29.3. The molecule has 1 atom stereocenters. The molecule has 0 unspecified atom stereocenters. The monoisotopic (exact) mass is 567 g/mol. The van der Waals surface area contributed by atoms with Gasteiger partial charge in [0.1, 0.15) is 21.9 Å². The van der Waals surface area contributed by atoms with Gasteiger partial charge in [0.05, 0.1) is 23.8 Å². The fraction of sp³-hybridized carbons (Fsp3) is 0.483. The molecule has 0 spiro atoms. The molecule has 10 nitrogen and oxygen atoms in total. The molecule has 0 aliphatic carbocycles. The van der Waals surface area contributed by atoms with Gasteiger partial charge < -0.3 is 14.4 Å². The van der Waals surface area contributed by atoms with Gasteiger partial charge in [-0.2, -0.15) is 0 Å². The van der Waals surface area contributed by atoms with Crippen molar-refractivity contribution < 1.29 is 23.9 Å². The predicted molar refractivity (Wildman–Crippen MR) is 159 cm³/mol. The number of amidine groups is 1. The maximum atomic E-state index is 14.0. The van der Waals surface area contributed by atoms with Gasteiger partial charge in [0.15, 0.2) is 5.82 Å². The van der Waals surface area contributed by atoms with Crippen molar-refractivity contribution >= 4 is 67.8 Å². The third-order valence-electron chi connectivity index (χ3n) is 6.18. The minimum atomic E-state index is -0.801. The number of carbonyl (C=O) groups is 3. The van der Waals surface area contributed by atoms with Crippen LogP contribution in [0.3, 0.4) is 0 Å². The lowest BCUT2D eigenvalue weighted by Gasteiger charge is -2.31. The fourth-order valence-electron chi connectivity index (χ4n) is 4.31. The number of aromatic nitrogens is 1. The summed E-state index contributed by atoms with van der Waals surface area (Å²) >= 11 is 1.22. The number of hydrogen-bond acceptors (Lipinski definition) is 8. The van der Waals surface area contributed by atoms with Crippen molar-refractivity contribution in [2.75, 3.05) is 25.5 Å². The normalized spacial score (nSPS) is 16.7. The van der Waals surface area contributed by atoms with Crippen molar-refractivity contribution in [1.82, 2.24) is 14.8 Å². The number of rotatable bonds is 1. The first-order chi connectivity index (χ1) is 18.5. The molecule has 0 fully saturated rings. The third kappa shape index (κ3) is 5.89. The quantitative estimate of drug-likeness (QED) is 0.242. The molecule has 214 valence electrons. The van der Waals surface area contributed by atoms with Gasteiger partial charge in [-0.25, -0.2) is 24.5 Å². The van der Waals surface area contributed by atoms with Gasteiger partial charge in [-0.05, 0) is 79.7 Å². The number of thiophene rings is 1. The molecule has 2 aromatic heterocycles. The van der Waals surface area contributed by atoms with Crippen LogP contribution in [0.5, 0.6) is 0 Å². The minimum Gasteiger partial charge on any atom is -0.443 e. The van der Waals surface area contributed by atoms with Crippen LogP contribution in [0.4, 0.5) is 21.1 Å². The number of carbonyl (C=O) groups excluding carboxylic acids is 3. The summed E-state index contributed by atoms with van der Waals surface area (Å²) in [4.78, 5) is 54.9. The summed E-state index contributed by atoms with van der Waals surface area (Å²) in [5.74, 6) is 0.826. The van der Waals surface area contributed by atoms with Gasteiger partial charge >= 0.3 is 12.2 Å². The van der Waals surface area contributed by atoms with E-state index in [4.69, 9.17) is 14.5 Å². The molecule has 4 rings (SSSR count). The van der Waals surface area contributed by atoms with E-state index in [9.17, 15) is 14.4 Å². The van der Waals surface area contributed by atoms with Crippen LogP contribution in [-0.2, 0) is 9.47 Å². The number of benzene rings is 1. The molecule has 3 aromatic rings. The van der Waals surface area contributed by atoms with E-state index < -0.39 is 35.3 Å². The molecule has 3 amide bonds. The lowest BCUT2D eigenvalue weighted by Crippen LogP contribution is -2.49. The highest BCUT2D eigenvalue weighted by atomic mass is 32.1. The molecule has 3 heterocycles. The van der Waals surface area contributed by atoms with Crippen LogP contribution >= 0.6 is 11.3 Å². The van der Waals surface area contributed by atoms with E-state index >= 15 is 0 Å². The highest BCUT2D eigenvalue weighted by molar-refractivity contribution is 7.21. The molecule has 1 aromatic carbocycles. The topological polar surface area (TPSA) is 105 Å². The van der Waals surface area contributed by atoms with Crippen molar-refractivity contribution in [3.63, 3.8) is 0 Å². The van der Waals surface area contributed by atoms with Crippen LogP contribution in [-0.4, -0.2) is 76.6 Å². The Morgan fingerprint density at radius 1 is 1.02 bits per heavy atom. The van der Waals surface area contributed by atoms with Gasteiger partial charge in [0.2, 0.25) is 0 Å². The zero-order valence-corrected chi connectivity index (χ0v) is 25.6. The highest BCUT2D eigenvalue weighted by Crippen LogP contribution is 2.45. The summed E-state index contributed by atoms with van der Waals surface area (Å²) < 4.78 is 12.1. The van der Waals surface area contributed by atoms with Crippen LogP contribution in [0, 0.1) is 0 Å². The maximum Gasteiger partial charge on any atom is 0.417 e. The number of amides is 3. The van der Waals surface area contributed by atoms with Gasteiger partial charge in [-0.15, -0.1) is 11.3 Å². The summed E-state index contributed by atoms with van der Waals surface area (Å²) in [5.41, 5.74) is -0.498. The molecule has 0 radical (unpaired) electrons. The number of imide groups is 1. The SMILES string of the molecule is CC(=Nc1ccc2c(ccc3sc4c(c32)N(C(=O)OC(C)(C)C)C[C@@H](C)N(C(=O)OC(C)(C)C)C4=O)n1)N(C)C. The average molecular weight is 568 g/mol. The van der Waals surface area contributed by atoms with Crippen LogP contribution < -0.4 is 4.90 Å². The third-order valence-corrected chi connectivity index (χ3v) is 7.31. The summed E-state index contributed by atoms with van der Waals surface area (Å²) in [5, 5.41) is 1.46. The smallest absolute Gasteiger partial charge is 0.417 e. The number of nitrogens with zero attached hydrogens (tertiary/aromatic N) is 5. The molecule has 1 aliphatic heterocycles. The average Bonchev–Trinajstić information content (AvgIpc) is 3.15. The van der Waals surface area contributed by atoms with Crippen LogP contribution in [0.1, 0.15) is 65.1 Å². The van der Waals surface area contributed by atoms with Crippen molar-refractivity contribution in [3.8, 4) is 0 Å². The van der Waals surface area contributed by atoms with Gasteiger partial charge in [0, 0.05) is 29.6 Å². The molecule has 0 saturated carbocycles. The summed E-state index contributed by atoms with van der Waals surface area (Å²) in [6.45, 7) is 14.2. The van der Waals surface area contributed by atoms with Gasteiger partial charge in [-0.3, -0.25) is 9.69 Å². The zero-order chi connectivity index (χ0) is 29.7. The van der Waals surface area contributed by atoms with E-state index in [2.05, 4.69) is 4.99 Å². The molecule has 1 aliphatic rings. The van der Waals surface area contributed by atoms with E-state index in [1.165, 1.54) is 16.2 Å². The van der Waals surface area contributed by atoms with Crippen molar-refractivity contribution in [3.05, 3.63) is 29.1 Å². The minimum absolute atomic E-state index is 0.0347. The molecule has 0 N–H and O–H groups in total. The predicted octanol–water partition coefficient (Wildman–Crippen LogP) is 6.58. The van der Waals surface area contributed by atoms with Crippen molar-refractivity contribution in [2.45, 2.75) is 72.6 Å². The summed E-state index contributed by atoms with van der Waals surface area (Å²) in [7, 11) is 3.82. The Morgan fingerprint density at radius 2 is 1.65 bits per heavy atom. The van der Waals surface area contributed by atoms with E-state index in [0.717, 1.165) is 20.8 Å². The number of aliphatic imine (C=N–C) groups is 1. The first-order valence-electron chi connectivity index (χ1n) is 13.1. The Hall–Kier alpha value is -3.73. The lowest BCUT2D eigenvalue weighted by atomic mass is 10.1. The molecule has 0 bridgehead atoms. The first-order valence-corrected chi connectivity index (χ1v) is 13.9. The molecular weight excluding hydrogens is 530 g/mol. The van der Waals surface area contributed by atoms with E-state index in [1.807, 2.05) is 50.2 Å². The fourth-order valence-corrected chi connectivity index (χ4v) is 5.47. The Morgan fingerprint density at radius 3 is 2.25 bits per heavy atom. The van der Waals surface area contributed by atoms with Crippen molar-refractivity contribution in [1.29, 1.82) is 0 Å². The Balaban J connectivity index is 1.96.